The van der Waals surface area contributed by atoms with Crippen molar-refractivity contribution in [3.63, 3.8) is 0 Å². The van der Waals surface area contributed by atoms with Gasteiger partial charge in [0, 0.05) is 37.3 Å². The molecule has 1 unspecified atom stereocenters. The van der Waals surface area contributed by atoms with E-state index in [9.17, 15) is 24.0 Å². The van der Waals surface area contributed by atoms with E-state index in [-0.39, 0.29) is 35.7 Å². The molecule has 0 bridgehead atoms. The maximum Gasteiger partial charge on any atom is 0.315 e. The number of nitrogens with zero attached hydrogens (tertiary/aromatic N) is 2. The summed E-state index contributed by atoms with van der Waals surface area (Å²) in [5.41, 5.74) is -1.20. The van der Waals surface area contributed by atoms with E-state index in [1.165, 1.54) is 6.08 Å². The summed E-state index contributed by atoms with van der Waals surface area (Å²) in [7, 11) is 0. The quantitative estimate of drug-likeness (QED) is 0.176. The molecule has 1 saturated heterocycles. The minimum Gasteiger partial charge on any atom is -0.346 e. The number of carbonyl (C=O) groups excluding carboxylic acids is 5. The van der Waals surface area contributed by atoms with Crippen LogP contribution in [0.25, 0.3) is 0 Å². The summed E-state index contributed by atoms with van der Waals surface area (Å²) < 4.78 is 0. The van der Waals surface area contributed by atoms with Gasteiger partial charge < -0.3 is 26.2 Å². The number of amides is 5. The van der Waals surface area contributed by atoms with Gasteiger partial charge in [0.25, 0.3) is 5.91 Å². The van der Waals surface area contributed by atoms with E-state index in [0.29, 0.717) is 25.8 Å². The van der Waals surface area contributed by atoms with Gasteiger partial charge in [-0.3, -0.25) is 24.2 Å². The molecule has 0 radical (unpaired) electrons. The molecular weight excluding hydrogens is 604 g/mol. The summed E-state index contributed by atoms with van der Waals surface area (Å²) >= 11 is 1.75. The van der Waals surface area contributed by atoms with Crippen LogP contribution in [0.3, 0.4) is 0 Å². The topological polar surface area (TPSA) is 149 Å². The lowest BCUT2D eigenvalue weighted by Crippen LogP contribution is -2.63. The Morgan fingerprint density at radius 1 is 1.11 bits per heavy atom. The van der Waals surface area contributed by atoms with Crippen molar-refractivity contribution in [1.82, 2.24) is 26.2 Å². The van der Waals surface area contributed by atoms with Crippen LogP contribution < -0.4 is 21.3 Å². The van der Waals surface area contributed by atoms with Crippen molar-refractivity contribution in [3.05, 3.63) is 12.7 Å². The number of piperidine rings is 1. The number of fused-ring (bicyclic) bond motifs is 1. The molecule has 256 valence electrons. The van der Waals surface area contributed by atoms with Gasteiger partial charge in [0.2, 0.25) is 17.6 Å². The smallest absolute Gasteiger partial charge is 0.315 e. The van der Waals surface area contributed by atoms with Crippen LogP contribution in [0.5, 0.6) is 0 Å². The Morgan fingerprint density at radius 2 is 1.80 bits per heavy atom. The standard InChI is InChI=1S/C34H54N6O5S/c1-8-13-22(26(41)29(43)36-16-9-2)37-28(42)25-24-21(33(24,6)7)20-40(25)30(44)27(32(3,4)5)38-31(45)39-34(14-11-10-12-15-34)19-23-35-17-18-46-23/h9,21-22,24-25,27H,2,8,10-20H2,1,3-7H3,(H,36,43)(H,37,42)(H2,38,39,45)/t21-,22?,24-,25-,27+/m0/s1. The monoisotopic (exact) mass is 658 g/mol. The van der Waals surface area contributed by atoms with Crippen LogP contribution in [0.1, 0.15) is 92.9 Å². The Bertz CT molecular complexity index is 1240. The van der Waals surface area contributed by atoms with E-state index in [4.69, 9.17) is 0 Å². The van der Waals surface area contributed by atoms with Crippen molar-refractivity contribution >= 4 is 46.3 Å². The first-order valence-corrected chi connectivity index (χ1v) is 17.9. The Morgan fingerprint density at radius 3 is 2.39 bits per heavy atom. The molecule has 11 nitrogen and oxygen atoms in total. The van der Waals surface area contributed by atoms with Crippen LogP contribution in [0, 0.1) is 22.7 Å². The van der Waals surface area contributed by atoms with Gasteiger partial charge >= 0.3 is 6.03 Å². The Balaban J connectivity index is 1.52. The van der Waals surface area contributed by atoms with Gasteiger partial charge in [0.15, 0.2) is 0 Å². The lowest BCUT2D eigenvalue weighted by molar-refractivity contribution is -0.145. The number of urea groups is 1. The molecule has 0 aromatic rings. The normalized spacial score (nSPS) is 25.7. The van der Waals surface area contributed by atoms with Crippen molar-refractivity contribution in [2.75, 3.05) is 25.4 Å². The fourth-order valence-corrected chi connectivity index (χ4v) is 8.59. The minimum absolute atomic E-state index is 0.0898. The second kappa shape index (κ2) is 14.5. The summed E-state index contributed by atoms with van der Waals surface area (Å²) in [6, 6.07) is -3.09. The van der Waals surface area contributed by atoms with Crippen LogP contribution in [0.4, 0.5) is 4.79 Å². The lowest BCUT2D eigenvalue weighted by atomic mass is 9.79. The Kier molecular flexibility index (Phi) is 11.3. The lowest BCUT2D eigenvalue weighted by Gasteiger charge is -2.41. The molecule has 4 N–H and O–H groups in total. The first-order chi connectivity index (χ1) is 21.6. The third-order valence-electron chi connectivity index (χ3n) is 10.3. The predicted molar refractivity (Wildman–Crippen MR) is 181 cm³/mol. The molecule has 0 spiro atoms. The molecule has 5 atom stereocenters. The van der Waals surface area contributed by atoms with E-state index in [0.717, 1.165) is 49.4 Å². The number of hydrogen-bond acceptors (Lipinski definition) is 7. The van der Waals surface area contributed by atoms with E-state index in [2.05, 4.69) is 46.7 Å². The largest absolute Gasteiger partial charge is 0.346 e. The minimum atomic E-state index is -1.00. The molecule has 0 aromatic carbocycles. The third-order valence-corrected chi connectivity index (χ3v) is 11.3. The van der Waals surface area contributed by atoms with Gasteiger partial charge in [-0.1, -0.05) is 73.3 Å². The van der Waals surface area contributed by atoms with Crippen molar-refractivity contribution < 1.29 is 24.0 Å². The van der Waals surface area contributed by atoms with Gasteiger partial charge in [-0.05, 0) is 41.9 Å². The van der Waals surface area contributed by atoms with Crippen LogP contribution >= 0.6 is 11.8 Å². The fourth-order valence-electron chi connectivity index (χ4n) is 7.61. The van der Waals surface area contributed by atoms with Gasteiger partial charge in [0.05, 0.1) is 11.1 Å². The number of aliphatic imine (C=N–C) groups is 1. The molecule has 4 aliphatic rings. The van der Waals surface area contributed by atoms with Crippen LogP contribution in [-0.2, 0) is 19.2 Å². The number of carbonyl (C=O) groups is 5. The zero-order chi connectivity index (χ0) is 33.9. The van der Waals surface area contributed by atoms with E-state index in [1.54, 1.807) is 16.7 Å². The molecule has 46 heavy (non-hydrogen) atoms. The highest BCUT2D eigenvalue weighted by Crippen LogP contribution is 2.65. The maximum atomic E-state index is 14.4. The first kappa shape index (κ1) is 36.0. The second-order valence-electron chi connectivity index (χ2n) is 15.1. The summed E-state index contributed by atoms with van der Waals surface area (Å²) in [6.07, 6.45) is 7.98. The van der Waals surface area contributed by atoms with Crippen molar-refractivity contribution in [1.29, 1.82) is 0 Å². The zero-order valence-corrected chi connectivity index (χ0v) is 29.3. The van der Waals surface area contributed by atoms with Crippen molar-refractivity contribution in [2.24, 2.45) is 27.7 Å². The molecular formula is C34H54N6O5S. The Labute approximate surface area is 278 Å². The van der Waals surface area contributed by atoms with Gasteiger partial charge in [-0.2, -0.15) is 0 Å². The molecule has 12 heteroatoms. The molecule has 4 rings (SSSR count). The van der Waals surface area contributed by atoms with Crippen LogP contribution in [-0.4, -0.2) is 88.5 Å². The summed E-state index contributed by atoms with van der Waals surface area (Å²) in [5, 5.41) is 12.7. The van der Waals surface area contributed by atoms with E-state index >= 15 is 0 Å². The fraction of sp³-hybridized carbons (Fsp3) is 0.765. The number of rotatable bonds is 13. The zero-order valence-electron chi connectivity index (χ0n) is 28.5. The SMILES string of the molecule is C=CCNC(=O)C(=O)C(CCC)NC(=O)[C@@H]1[C@@H]2[C@H](CN1C(=O)[C@@H](NC(=O)NC1(CC3=NCCS3)CCCCC1)C(C)(C)C)C2(C)C. The summed E-state index contributed by atoms with van der Waals surface area (Å²) in [5.74, 6) is -1.26. The molecule has 2 saturated carbocycles. The van der Waals surface area contributed by atoms with E-state index < -0.39 is 46.7 Å². The van der Waals surface area contributed by atoms with Gasteiger partial charge in [0.1, 0.15) is 12.1 Å². The predicted octanol–water partition coefficient (Wildman–Crippen LogP) is 3.58. The number of ketones is 1. The van der Waals surface area contributed by atoms with Gasteiger partial charge in [-0.25, -0.2) is 4.79 Å². The second-order valence-corrected chi connectivity index (χ2v) is 16.3. The van der Waals surface area contributed by atoms with E-state index in [1.807, 2.05) is 27.7 Å². The summed E-state index contributed by atoms with van der Waals surface area (Å²) in [4.78, 5) is 73.7. The molecule has 2 aliphatic carbocycles. The molecule has 2 aliphatic heterocycles. The first-order valence-electron chi connectivity index (χ1n) is 16.9. The number of nitrogens with one attached hydrogen (secondary N) is 4. The number of likely N-dealkylation sites (tertiary alicyclic amines) is 1. The van der Waals surface area contributed by atoms with Crippen molar-refractivity contribution in [2.45, 2.75) is 117 Å². The highest BCUT2D eigenvalue weighted by Gasteiger charge is 2.70. The van der Waals surface area contributed by atoms with Crippen LogP contribution in [0.15, 0.2) is 17.6 Å². The molecule has 3 fully saturated rings. The number of Topliss-reactive ketones (excluding diaryl/α,β-unsaturated/α-hetero) is 1. The average molecular weight is 659 g/mol. The van der Waals surface area contributed by atoms with Crippen molar-refractivity contribution in [3.8, 4) is 0 Å². The average Bonchev–Trinajstić information content (AvgIpc) is 3.40. The summed E-state index contributed by atoms with van der Waals surface area (Å²) in [6.45, 7) is 16.7. The molecule has 0 aromatic heterocycles. The van der Waals surface area contributed by atoms with Gasteiger partial charge in [-0.15, -0.1) is 18.3 Å². The van der Waals surface area contributed by atoms with Crippen LogP contribution in [0.2, 0.25) is 0 Å². The maximum absolute atomic E-state index is 14.4. The molecule has 5 amide bonds. The number of hydrogen-bond donors (Lipinski definition) is 4. The highest BCUT2D eigenvalue weighted by atomic mass is 32.2. The highest BCUT2D eigenvalue weighted by molar-refractivity contribution is 8.14. The third kappa shape index (κ3) is 7.97. The Hall–Kier alpha value is -2.89. The number of thioether (sulfide) groups is 1. The molecule has 2 heterocycles.